The maximum atomic E-state index is 11.6. The summed E-state index contributed by atoms with van der Waals surface area (Å²) in [5.41, 5.74) is 0.876. The largest absolute Gasteiger partial charge is 0.365 e. The van der Waals surface area contributed by atoms with Crippen LogP contribution in [-0.4, -0.2) is 21.1 Å². The summed E-state index contributed by atoms with van der Waals surface area (Å²) >= 11 is 0. The van der Waals surface area contributed by atoms with Crippen LogP contribution in [0.25, 0.3) is 0 Å². The van der Waals surface area contributed by atoms with Gasteiger partial charge in [-0.25, -0.2) is 4.98 Å². The van der Waals surface area contributed by atoms with E-state index in [2.05, 4.69) is 15.3 Å². The summed E-state index contributed by atoms with van der Waals surface area (Å²) in [7, 11) is 1.70. The summed E-state index contributed by atoms with van der Waals surface area (Å²) in [6.45, 7) is 0.642. The monoisotopic (exact) mass is 230 g/mol. The number of anilines is 1. The van der Waals surface area contributed by atoms with E-state index in [-0.39, 0.29) is 5.56 Å². The lowest BCUT2D eigenvalue weighted by atomic mass is 10.3. The number of rotatable bonds is 4. The van der Waals surface area contributed by atoms with Crippen molar-refractivity contribution in [2.45, 2.75) is 6.42 Å². The van der Waals surface area contributed by atoms with Gasteiger partial charge in [0.1, 0.15) is 0 Å². The Bertz CT molecular complexity index is 536. The number of aryl methyl sites for hydroxylation is 1. The van der Waals surface area contributed by atoms with Gasteiger partial charge in [0.25, 0.3) is 5.56 Å². The van der Waals surface area contributed by atoms with Crippen molar-refractivity contribution >= 4 is 5.82 Å². The van der Waals surface area contributed by atoms with Crippen molar-refractivity contribution in [3.63, 3.8) is 0 Å². The van der Waals surface area contributed by atoms with Crippen molar-refractivity contribution in [2.75, 3.05) is 11.9 Å². The predicted molar refractivity (Wildman–Crippen MR) is 65.9 cm³/mol. The van der Waals surface area contributed by atoms with Gasteiger partial charge in [0.05, 0.1) is 0 Å². The van der Waals surface area contributed by atoms with Crippen LogP contribution in [0.4, 0.5) is 5.82 Å². The van der Waals surface area contributed by atoms with Crippen LogP contribution >= 0.6 is 0 Å². The lowest BCUT2D eigenvalue weighted by molar-refractivity contribution is 0.836. The van der Waals surface area contributed by atoms with E-state index < -0.39 is 0 Å². The Kier molecular flexibility index (Phi) is 3.49. The fourth-order valence-corrected chi connectivity index (χ4v) is 1.47. The highest BCUT2D eigenvalue weighted by molar-refractivity contribution is 5.30. The Morgan fingerprint density at radius 1 is 1.29 bits per heavy atom. The highest BCUT2D eigenvalue weighted by Crippen LogP contribution is 1.96. The third-order valence-electron chi connectivity index (χ3n) is 2.42. The van der Waals surface area contributed by atoms with E-state index in [1.165, 1.54) is 4.57 Å². The fraction of sp³-hybridized carbons (Fsp3) is 0.250. The molecule has 0 radical (unpaired) electrons. The number of hydrogen-bond donors (Lipinski definition) is 1. The Hall–Kier alpha value is -2.17. The minimum Gasteiger partial charge on any atom is -0.365 e. The molecule has 0 aromatic carbocycles. The van der Waals surface area contributed by atoms with Gasteiger partial charge in [-0.15, -0.1) is 0 Å². The molecule has 0 atom stereocenters. The molecule has 1 N–H and O–H groups in total. The molecule has 0 unspecified atom stereocenters. The molecule has 0 aliphatic carbocycles. The SMILES string of the molecule is Cn1ccnc(NCCc2ccccn2)c1=O. The quantitative estimate of drug-likeness (QED) is 0.845. The van der Waals surface area contributed by atoms with Gasteiger partial charge < -0.3 is 9.88 Å². The first kappa shape index (κ1) is 11.3. The lowest BCUT2D eigenvalue weighted by Gasteiger charge is -2.05. The summed E-state index contributed by atoms with van der Waals surface area (Å²) in [5, 5.41) is 3.02. The molecule has 2 aromatic rings. The second-order valence-electron chi connectivity index (χ2n) is 3.69. The van der Waals surface area contributed by atoms with Crippen LogP contribution in [0.3, 0.4) is 0 Å². The maximum Gasteiger partial charge on any atom is 0.293 e. The first-order valence-electron chi connectivity index (χ1n) is 5.43. The van der Waals surface area contributed by atoms with Gasteiger partial charge in [-0.3, -0.25) is 9.78 Å². The van der Waals surface area contributed by atoms with Crippen molar-refractivity contribution in [1.82, 2.24) is 14.5 Å². The van der Waals surface area contributed by atoms with Crippen LogP contribution in [0, 0.1) is 0 Å². The van der Waals surface area contributed by atoms with Crippen LogP contribution in [0.2, 0.25) is 0 Å². The van der Waals surface area contributed by atoms with E-state index in [0.717, 1.165) is 12.1 Å². The zero-order valence-corrected chi connectivity index (χ0v) is 9.63. The number of nitrogens with one attached hydrogen (secondary N) is 1. The van der Waals surface area contributed by atoms with Crippen molar-refractivity contribution in [2.24, 2.45) is 7.05 Å². The minimum absolute atomic E-state index is 0.117. The zero-order valence-electron chi connectivity index (χ0n) is 9.63. The molecule has 5 nitrogen and oxygen atoms in total. The highest BCUT2D eigenvalue weighted by Gasteiger charge is 2.01. The number of aromatic nitrogens is 3. The lowest BCUT2D eigenvalue weighted by Crippen LogP contribution is -2.22. The first-order valence-corrected chi connectivity index (χ1v) is 5.43. The maximum absolute atomic E-state index is 11.6. The molecule has 5 heteroatoms. The summed E-state index contributed by atoms with van der Waals surface area (Å²) in [5.74, 6) is 0.380. The molecule has 17 heavy (non-hydrogen) atoms. The molecule has 0 amide bonds. The molecule has 0 saturated carbocycles. The Morgan fingerprint density at radius 2 is 2.18 bits per heavy atom. The third-order valence-corrected chi connectivity index (χ3v) is 2.42. The zero-order chi connectivity index (χ0) is 12.1. The van der Waals surface area contributed by atoms with Crippen LogP contribution in [0.15, 0.2) is 41.6 Å². The Labute approximate surface area is 99.2 Å². The minimum atomic E-state index is -0.117. The molecular formula is C12H14N4O. The van der Waals surface area contributed by atoms with E-state index in [4.69, 9.17) is 0 Å². The number of nitrogens with zero attached hydrogens (tertiary/aromatic N) is 3. The van der Waals surface area contributed by atoms with E-state index in [1.54, 1.807) is 25.6 Å². The van der Waals surface area contributed by atoms with Gasteiger partial charge in [0, 0.05) is 44.3 Å². The van der Waals surface area contributed by atoms with Crippen molar-refractivity contribution < 1.29 is 0 Å². The van der Waals surface area contributed by atoms with Gasteiger partial charge in [-0.2, -0.15) is 0 Å². The van der Waals surface area contributed by atoms with Gasteiger partial charge in [0.15, 0.2) is 5.82 Å². The second-order valence-corrected chi connectivity index (χ2v) is 3.69. The molecular weight excluding hydrogens is 216 g/mol. The molecule has 0 aliphatic rings. The second kappa shape index (κ2) is 5.25. The molecule has 2 rings (SSSR count). The van der Waals surface area contributed by atoms with E-state index in [1.807, 2.05) is 18.2 Å². The van der Waals surface area contributed by atoms with Crippen molar-refractivity contribution in [3.05, 3.63) is 52.8 Å². The van der Waals surface area contributed by atoms with Gasteiger partial charge >= 0.3 is 0 Å². The standard InChI is InChI=1S/C12H14N4O/c1-16-9-8-15-11(12(16)17)14-7-5-10-4-2-3-6-13-10/h2-4,6,8-9H,5,7H2,1H3,(H,14,15). The summed E-state index contributed by atoms with van der Waals surface area (Å²) in [4.78, 5) is 19.8. The average Bonchev–Trinajstić information content (AvgIpc) is 2.36. The smallest absolute Gasteiger partial charge is 0.293 e. The molecule has 0 aliphatic heterocycles. The topological polar surface area (TPSA) is 59.8 Å². The fourth-order valence-electron chi connectivity index (χ4n) is 1.47. The van der Waals surface area contributed by atoms with Gasteiger partial charge in [-0.1, -0.05) is 6.07 Å². The number of hydrogen-bond acceptors (Lipinski definition) is 4. The van der Waals surface area contributed by atoms with Crippen LogP contribution in [-0.2, 0) is 13.5 Å². The van der Waals surface area contributed by atoms with Crippen LogP contribution in [0.1, 0.15) is 5.69 Å². The van der Waals surface area contributed by atoms with E-state index >= 15 is 0 Å². The summed E-state index contributed by atoms with van der Waals surface area (Å²) in [6.07, 6.45) is 5.76. The van der Waals surface area contributed by atoms with Crippen LogP contribution < -0.4 is 10.9 Å². The van der Waals surface area contributed by atoms with E-state index in [0.29, 0.717) is 12.4 Å². The molecule has 2 heterocycles. The Morgan fingerprint density at radius 3 is 2.94 bits per heavy atom. The Balaban J connectivity index is 1.95. The van der Waals surface area contributed by atoms with Crippen molar-refractivity contribution in [1.29, 1.82) is 0 Å². The van der Waals surface area contributed by atoms with E-state index in [9.17, 15) is 4.79 Å². The van der Waals surface area contributed by atoms with Gasteiger partial charge in [-0.05, 0) is 12.1 Å². The molecule has 0 spiro atoms. The molecule has 0 fully saturated rings. The van der Waals surface area contributed by atoms with Gasteiger partial charge in [0.2, 0.25) is 0 Å². The van der Waals surface area contributed by atoms with Crippen molar-refractivity contribution in [3.8, 4) is 0 Å². The molecule has 88 valence electrons. The predicted octanol–water partition coefficient (Wildman–Crippen LogP) is 0.830. The average molecular weight is 230 g/mol. The highest BCUT2D eigenvalue weighted by atomic mass is 16.1. The third kappa shape index (κ3) is 2.90. The molecule has 0 saturated heterocycles. The number of pyridine rings is 1. The molecule has 0 bridgehead atoms. The first-order chi connectivity index (χ1) is 8.27. The summed E-state index contributed by atoms with van der Waals surface area (Å²) < 4.78 is 1.50. The van der Waals surface area contributed by atoms with Crippen LogP contribution in [0.5, 0.6) is 0 Å². The molecule has 2 aromatic heterocycles. The normalized spacial score (nSPS) is 10.2. The summed E-state index contributed by atoms with van der Waals surface area (Å²) in [6, 6.07) is 5.78.